The van der Waals surface area contributed by atoms with Crippen LogP contribution in [0.3, 0.4) is 0 Å². The Bertz CT molecular complexity index is 1130. The SMILES string of the molecule is C=CC(=O)OCOc1ccc2cc(-c3ccc(CCCCC)cc3CC)c(=S)oc2c1. The van der Waals surface area contributed by atoms with E-state index in [2.05, 4.69) is 44.7 Å². The van der Waals surface area contributed by atoms with Gasteiger partial charge >= 0.3 is 5.97 Å². The van der Waals surface area contributed by atoms with Gasteiger partial charge in [-0.25, -0.2) is 4.79 Å². The van der Waals surface area contributed by atoms with Crippen LogP contribution in [0.15, 0.2) is 59.5 Å². The molecule has 31 heavy (non-hydrogen) atoms. The van der Waals surface area contributed by atoms with Gasteiger partial charge in [0.05, 0.1) is 0 Å². The fourth-order valence-electron chi connectivity index (χ4n) is 3.52. The Labute approximate surface area is 188 Å². The van der Waals surface area contributed by atoms with Crippen molar-refractivity contribution in [2.24, 2.45) is 0 Å². The van der Waals surface area contributed by atoms with Crippen LogP contribution >= 0.6 is 12.2 Å². The highest BCUT2D eigenvalue weighted by atomic mass is 32.1. The molecule has 0 atom stereocenters. The maximum Gasteiger partial charge on any atom is 0.333 e. The number of carbonyl (C=O) groups excluding carboxylic acids is 1. The summed E-state index contributed by atoms with van der Waals surface area (Å²) in [5, 5.41) is 0.924. The van der Waals surface area contributed by atoms with Gasteiger partial charge < -0.3 is 13.9 Å². The molecule has 0 fully saturated rings. The standard InChI is InChI=1S/C26H28O4S/c1-4-7-8-9-18-10-13-22(19(5-2)14-18)23-15-20-11-12-21(16-24(20)30-26(23)31)28-17-29-25(27)6-3/h6,10-16H,3-5,7-9,17H2,1-2H3. The number of carbonyl (C=O) groups is 1. The highest BCUT2D eigenvalue weighted by molar-refractivity contribution is 7.71. The molecule has 0 aliphatic heterocycles. The van der Waals surface area contributed by atoms with Crippen molar-refractivity contribution in [1.29, 1.82) is 0 Å². The largest absolute Gasteiger partial charge is 0.457 e. The van der Waals surface area contributed by atoms with Crippen LogP contribution in [0.1, 0.15) is 44.2 Å². The zero-order valence-corrected chi connectivity index (χ0v) is 18.9. The zero-order valence-electron chi connectivity index (χ0n) is 18.1. The Morgan fingerprint density at radius 2 is 1.94 bits per heavy atom. The van der Waals surface area contributed by atoms with Gasteiger partial charge in [-0.15, -0.1) is 0 Å². The molecule has 5 heteroatoms. The van der Waals surface area contributed by atoms with Crippen LogP contribution in [0.25, 0.3) is 22.1 Å². The molecule has 4 nitrogen and oxygen atoms in total. The summed E-state index contributed by atoms with van der Waals surface area (Å²) >= 11 is 5.58. The van der Waals surface area contributed by atoms with E-state index in [1.165, 1.54) is 30.4 Å². The van der Waals surface area contributed by atoms with Crippen LogP contribution in [-0.2, 0) is 22.4 Å². The Balaban J connectivity index is 1.86. The molecule has 162 valence electrons. The van der Waals surface area contributed by atoms with Crippen molar-refractivity contribution < 1.29 is 18.7 Å². The van der Waals surface area contributed by atoms with Crippen molar-refractivity contribution in [3.8, 4) is 16.9 Å². The van der Waals surface area contributed by atoms with Gasteiger partial charge in [-0.3, -0.25) is 0 Å². The minimum atomic E-state index is -0.536. The van der Waals surface area contributed by atoms with Gasteiger partial charge in [-0.1, -0.05) is 51.5 Å². The summed E-state index contributed by atoms with van der Waals surface area (Å²) in [6.45, 7) is 7.54. The van der Waals surface area contributed by atoms with Crippen molar-refractivity contribution in [3.05, 3.63) is 71.0 Å². The fraction of sp³-hybridized carbons (Fsp3) is 0.308. The maximum absolute atomic E-state index is 11.1. The molecular formula is C26H28O4S. The fourth-order valence-corrected chi connectivity index (χ4v) is 3.78. The third-order valence-electron chi connectivity index (χ3n) is 5.21. The van der Waals surface area contributed by atoms with Crippen molar-refractivity contribution in [1.82, 2.24) is 0 Å². The molecule has 2 aromatic carbocycles. The van der Waals surface area contributed by atoms with Gasteiger partial charge in [-0.2, -0.15) is 0 Å². The first-order valence-corrected chi connectivity index (χ1v) is 11.1. The second kappa shape index (κ2) is 10.9. The molecule has 3 rings (SSSR count). The number of benzene rings is 2. The molecule has 3 aromatic rings. The lowest BCUT2D eigenvalue weighted by Crippen LogP contribution is -2.07. The van der Waals surface area contributed by atoms with Crippen LogP contribution in [0.5, 0.6) is 5.75 Å². The summed E-state index contributed by atoms with van der Waals surface area (Å²) in [7, 11) is 0. The lowest BCUT2D eigenvalue weighted by molar-refractivity contribution is -0.144. The predicted molar refractivity (Wildman–Crippen MR) is 127 cm³/mol. The number of aryl methyl sites for hydroxylation is 2. The third kappa shape index (κ3) is 5.82. The first-order valence-electron chi connectivity index (χ1n) is 10.7. The molecule has 0 unspecified atom stereocenters. The average molecular weight is 437 g/mol. The summed E-state index contributed by atoms with van der Waals surface area (Å²) in [5.74, 6) is -0.00739. The summed E-state index contributed by atoms with van der Waals surface area (Å²) in [5.41, 5.74) is 5.31. The average Bonchev–Trinajstić information content (AvgIpc) is 2.78. The molecule has 1 aromatic heterocycles. The Morgan fingerprint density at radius 3 is 2.68 bits per heavy atom. The minimum Gasteiger partial charge on any atom is -0.457 e. The van der Waals surface area contributed by atoms with Crippen LogP contribution in [0, 0.1) is 4.71 Å². The molecule has 0 aliphatic carbocycles. The molecule has 0 amide bonds. The second-order valence-electron chi connectivity index (χ2n) is 7.38. The number of hydrogen-bond donors (Lipinski definition) is 0. The number of esters is 1. The molecule has 0 radical (unpaired) electrons. The monoisotopic (exact) mass is 436 g/mol. The van der Waals surface area contributed by atoms with Gasteiger partial charge in [0, 0.05) is 23.1 Å². The van der Waals surface area contributed by atoms with Gasteiger partial charge in [-0.05, 0) is 66.4 Å². The predicted octanol–water partition coefficient (Wildman–Crippen LogP) is 7.19. The summed E-state index contributed by atoms with van der Waals surface area (Å²) < 4.78 is 16.7. The molecule has 0 bridgehead atoms. The van der Waals surface area contributed by atoms with Crippen molar-refractivity contribution in [3.63, 3.8) is 0 Å². The number of hydrogen-bond acceptors (Lipinski definition) is 5. The lowest BCUT2D eigenvalue weighted by Gasteiger charge is -2.12. The van der Waals surface area contributed by atoms with E-state index in [1.54, 1.807) is 6.07 Å². The summed E-state index contributed by atoms with van der Waals surface area (Å²) in [6.07, 6.45) is 6.82. The lowest BCUT2D eigenvalue weighted by atomic mass is 9.95. The molecule has 0 aliphatic rings. The van der Waals surface area contributed by atoms with E-state index in [0.717, 1.165) is 35.4 Å². The van der Waals surface area contributed by atoms with Crippen LogP contribution in [0.4, 0.5) is 0 Å². The van der Waals surface area contributed by atoms with E-state index in [-0.39, 0.29) is 6.79 Å². The molecule has 0 N–H and O–H groups in total. The quantitative estimate of drug-likeness (QED) is 0.111. The minimum absolute atomic E-state index is 0.195. The van der Waals surface area contributed by atoms with Gasteiger partial charge in [0.2, 0.25) is 6.79 Å². The maximum atomic E-state index is 11.1. The van der Waals surface area contributed by atoms with E-state index in [1.807, 2.05) is 12.1 Å². The van der Waals surface area contributed by atoms with E-state index < -0.39 is 5.97 Å². The third-order valence-corrected chi connectivity index (χ3v) is 5.51. The van der Waals surface area contributed by atoms with Crippen molar-refractivity contribution in [2.75, 3.05) is 6.79 Å². The van der Waals surface area contributed by atoms with Gasteiger partial charge in [0.15, 0.2) is 4.71 Å². The van der Waals surface area contributed by atoms with Crippen LogP contribution in [-0.4, -0.2) is 12.8 Å². The normalized spacial score (nSPS) is 10.8. The molecule has 0 saturated heterocycles. The van der Waals surface area contributed by atoms with Gasteiger partial charge in [0.1, 0.15) is 11.3 Å². The summed E-state index contributed by atoms with van der Waals surface area (Å²) in [4.78, 5) is 11.1. The van der Waals surface area contributed by atoms with E-state index in [9.17, 15) is 4.79 Å². The molecule has 0 spiro atoms. The Kier molecular flexibility index (Phi) is 8.01. The Morgan fingerprint density at radius 1 is 1.10 bits per heavy atom. The second-order valence-corrected chi connectivity index (χ2v) is 7.75. The first-order chi connectivity index (χ1) is 15.0. The highest BCUT2D eigenvalue weighted by Crippen LogP contribution is 2.31. The van der Waals surface area contributed by atoms with E-state index in [4.69, 9.17) is 26.1 Å². The highest BCUT2D eigenvalue weighted by Gasteiger charge is 2.11. The van der Waals surface area contributed by atoms with Crippen molar-refractivity contribution >= 4 is 29.2 Å². The van der Waals surface area contributed by atoms with Crippen LogP contribution in [0.2, 0.25) is 0 Å². The van der Waals surface area contributed by atoms with Gasteiger partial charge in [0.25, 0.3) is 0 Å². The molecule has 0 saturated carbocycles. The van der Waals surface area contributed by atoms with Crippen molar-refractivity contribution in [2.45, 2.75) is 46.0 Å². The smallest absolute Gasteiger partial charge is 0.333 e. The van der Waals surface area contributed by atoms with Crippen LogP contribution < -0.4 is 4.74 Å². The number of rotatable bonds is 10. The molecule has 1 heterocycles. The summed E-state index contributed by atoms with van der Waals surface area (Å²) in [6, 6.07) is 14.2. The van der Waals surface area contributed by atoms with E-state index in [0.29, 0.717) is 16.0 Å². The Hall–Kier alpha value is -2.92. The van der Waals surface area contributed by atoms with E-state index >= 15 is 0 Å². The number of ether oxygens (including phenoxy) is 2. The first kappa shape index (κ1) is 22.8. The molecular weight excluding hydrogens is 408 g/mol. The number of unbranched alkanes of at least 4 members (excludes halogenated alkanes) is 2. The number of fused-ring (bicyclic) bond motifs is 1. The topological polar surface area (TPSA) is 48.7 Å². The zero-order chi connectivity index (χ0) is 22.2.